The lowest BCUT2D eigenvalue weighted by atomic mass is 10.2. The minimum Gasteiger partial charge on any atom is -0.475 e. The number of ether oxygens (including phenoxy) is 1. The summed E-state index contributed by atoms with van der Waals surface area (Å²) in [5.74, 6) is -0.236. The van der Waals surface area contributed by atoms with E-state index in [0.29, 0.717) is 11.6 Å². The van der Waals surface area contributed by atoms with Crippen molar-refractivity contribution >= 4 is 28.3 Å². The average molecular weight is 441 g/mol. The molecule has 31 heavy (non-hydrogen) atoms. The Kier molecular flexibility index (Phi) is 5.70. The first kappa shape index (κ1) is 20.9. The lowest BCUT2D eigenvalue weighted by Crippen LogP contribution is -2.10. The second-order valence-electron chi connectivity index (χ2n) is 7.23. The van der Waals surface area contributed by atoms with Crippen LogP contribution in [0.25, 0.3) is 11.0 Å². The van der Waals surface area contributed by atoms with Crippen LogP contribution in [0.5, 0.6) is 5.88 Å². The van der Waals surface area contributed by atoms with E-state index in [0.717, 1.165) is 28.2 Å². The number of nitrogens with zero attached hydrogens (tertiary/aromatic N) is 6. The molecule has 1 aliphatic rings. The number of nitrogens with two attached hydrogens (primary N) is 1. The van der Waals surface area contributed by atoms with Crippen LogP contribution in [-0.4, -0.2) is 36.7 Å². The van der Waals surface area contributed by atoms with E-state index in [9.17, 15) is 4.39 Å². The van der Waals surface area contributed by atoms with Gasteiger partial charge in [0, 0.05) is 30.1 Å². The Hall–Kier alpha value is -3.31. The molecule has 1 fully saturated rings. The van der Waals surface area contributed by atoms with Crippen LogP contribution in [0.3, 0.4) is 0 Å². The summed E-state index contributed by atoms with van der Waals surface area (Å²) in [4.78, 5) is 16.9. The van der Waals surface area contributed by atoms with Gasteiger partial charge in [-0.3, -0.25) is 9.97 Å². The van der Waals surface area contributed by atoms with Crippen LogP contribution in [0, 0.1) is 18.7 Å². The highest BCUT2D eigenvalue weighted by Gasteiger charge is 2.40. The Morgan fingerprint density at radius 3 is 2.84 bits per heavy atom. The third kappa shape index (κ3) is 4.42. The summed E-state index contributed by atoms with van der Waals surface area (Å²) in [6, 6.07) is 7.78. The SMILES string of the molecule is Cc1nnc(Cc2nc(N)nc(OC[C@H]3C[C@@H]3c3ccc4ncccc4n3)c2F)s1.N. The molecule has 1 saturated carbocycles. The summed E-state index contributed by atoms with van der Waals surface area (Å²) >= 11 is 1.39. The van der Waals surface area contributed by atoms with Crippen LogP contribution < -0.4 is 16.6 Å². The van der Waals surface area contributed by atoms with Gasteiger partial charge in [-0.05, 0) is 37.6 Å². The molecule has 0 aromatic carbocycles. The average Bonchev–Trinajstić information content (AvgIpc) is 3.41. The molecule has 0 saturated heterocycles. The third-order valence-corrected chi connectivity index (χ3v) is 5.85. The Labute approximate surface area is 181 Å². The number of fused-ring (bicyclic) bond motifs is 1. The van der Waals surface area contributed by atoms with Gasteiger partial charge in [-0.25, -0.2) is 4.98 Å². The lowest BCUT2D eigenvalue weighted by Gasteiger charge is -2.09. The maximum atomic E-state index is 14.8. The van der Waals surface area contributed by atoms with Crippen molar-refractivity contribution < 1.29 is 9.13 Å². The summed E-state index contributed by atoms with van der Waals surface area (Å²) in [5.41, 5.74) is 8.65. The number of aromatic nitrogens is 6. The van der Waals surface area contributed by atoms with Gasteiger partial charge in [0.2, 0.25) is 11.8 Å². The topological polar surface area (TPSA) is 148 Å². The van der Waals surface area contributed by atoms with Crippen molar-refractivity contribution in [2.24, 2.45) is 5.92 Å². The number of hydrogen-bond acceptors (Lipinski definition) is 10. The minimum atomic E-state index is -0.607. The van der Waals surface area contributed by atoms with Gasteiger partial charge >= 0.3 is 0 Å². The van der Waals surface area contributed by atoms with Crippen LogP contribution in [0.1, 0.15) is 33.7 Å². The van der Waals surface area contributed by atoms with Gasteiger partial charge in [0.25, 0.3) is 5.88 Å². The van der Waals surface area contributed by atoms with Gasteiger partial charge in [-0.2, -0.15) is 9.37 Å². The molecule has 11 heteroatoms. The van der Waals surface area contributed by atoms with Crippen molar-refractivity contribution in [3.05, 3.63) is 57.7 Å². The smallest absolute Gasteiger partial charge is 0.255 e. The molecule has 5 N–H and O–H groups in total. The number of aryl methyl sites for hydroxylation is 1. The predicted molar refractivity (Wildman–Crippen MR) is 115 cm³/mol. The first-order valence-corrected chi connectivity index (χ1v) is 10.3. The number of anilines is 1. The van der Waals surface area contributed by atoms with Crippen LogP contribution in [0.4, 0.5) is 10.3 Å². The first-order chi connectivity index (χ1) is 14.6. The number of halogens is 1. The monoisotopic (exact) mass is 440 g/mol. The van der Waals surface area contributed by atoms with Crippen LogP contribution in [0.2, 0.25) is 0 Å². The summed E-state index contributed by atoms with van der Waals surface area (Å²) in [7, 11) is 0. The molecule has 4 aromatic heterocycles. The minimum absolute atomic E-state index is 0. The van der Waals surface area contributed by atoms with Crippen molar-refractivity contribution in [2.75, 3.05) is 12.3 Å². The second-order valence-corrected chi connectivity index (χ2v) is 8.50. The molecular formula is C20H21FN8OS. The van der Waals surface area contributed by atoms with E-state index in [1.165, 1.54) is 11.3 Å². The summed E-state index contributed by atoms with van der Waals surface area (Å²) in [6.45, 7) is 2.18. The highest BCUT2D eigenvalue weighted by molar-refractivity contribution is 7.11. The largest absolute Gasteiger partial charge is 0.475 e. The number of rotatable bonds is 6. The lowest BCUT2D eigenvalue weighted by molar-refractivity contribution is 0.269. The molecule has 4 aromatic rings. The Balaban J connectivity index is 0.00000231. The first-order valence-electron chi connectivity index (χ1n) is 9.52. The van der Waals surface area contributed by atoms with Crippen LogP contribution in [0.15, 0.2) is 30.5 Å². The molecule has 0 spiro atoms. The van der Waals surface area contributed by atoms with E-state index in [1.807, 2.05) is 31.2 Å². The molecule has 1 aliphatic carbocycles. The molecule has 0 unspecified atom stereocenters. The fourth-order valence-electron chi connectivity index (χ4n) is 3.41. The maximum Gasteiger partial charge on any atom is 0.255 e. The molecule has 2 atom stereocenters. The second kappa shape index (κ2) is 8.44. The summed E-state index contributed by atoms with van der Waals surface area (Å²) in [6.07, 6.45) is 2.87. The molecular weight excluding hydrogens is 419 g/mol. The van der Waals surface area contributed by atoms with Gasteiger partial charge in [0.1, 0.15) is 10.0 Å². The molecule has 5 rings (SSSR count). The number of nitrogen functional groups attached to an aromatic ring is 1. The maximum absolute atomic E-state index is 14.8. The van der Waals surface area contributed by atoms with Crippen molar-refractivity contribution in [1.82, 2.24) is 36.3 Å². The third-order valence-electron chi connectivity index (χ3n) is 5.01. The van der Waals surface area contributed by atoms with Crippen LogP contribution in [-0.2, 0) is 6.42 Å². The molecule has 0 amide bonds. The zero-order valence-electron chi connectivity index (χ0n) is 16.8. The molecule has 0 radical (unpaired) electrons. The normalized spacial score (nSPS) is 17.4. The molecule has 0 bridgehead atoms. The molecule has 4 heterocycles. The van der Waals surface area contributed by atoms with Gasteiger partial charge in [-0.15, -0.1) is 21.5 Å². The summed E-state index contributed by atoms with van der Waals surface area (Å²) < 4.78 is 20.5. The van der Waals surface area contributed by atoms with Crippen molar-refractivity contribution in [2.45, 2.75) is 25.7 Å². The molecule has 9 nitrogen and oxygen atoms in total. The van der Waals surface area contributed by atoms with Gasteiger partial charge < -0.3 is 16.6 Å². The van der Waals surface area contributed by atoms with Crippen LogP contribution >= 0.6 is 11.3 Å². The number of hydrogen-bond donors (Lipinski definition) is 2. The Morgan fingerprint density at radius 2 is 2.03 bits per heavy atom. The highest BCUT2D eigenvalue weighted by Crippen LogP contribution is 2.47. The van der Waals surface area contributed by atoms with Gasteiger partial charge in [0.05, 0.1) is 23.3 Å². The summed E-state index contributed by atoms with van der Waals surface area (Å²) in [5, 5.41) is 9.42. The Bertz CT molecular complexity index is 1230. The predicted octanol–water partition coefficient (Wildman–Crippen LogP) is 3.24. The van der Waals surface area contributed by atoms with E-state index >= 15 is 0 Å². The zero-order chi connectivity index (χ0) is 20.7. The van der Waals surface area contributed by atoms with E-state index in [2.05, 4.69) is 30.1 Å². The van der Waals surface area contributed by atoms with Crippen molar-refractivity contribution in [3.8, 4) is 5.88 Å². The molecule has 160 valence electrons. The van der Waals surface area contributed by atoms with E-state index in [-0.39, 0.29) is 41.9 Å². The fraction of sp³-hybridized carbons (Fsp3) is 0.300. The van der Waals surface area contributed by atoms with E-state index in [4.69, 9.17) is 10.5 Å². The van der Waals surface area contributed by atoms with E-state index in [1.54, 1.807) is 6.20 Å². The van der Waals surface area contributed by atoms with Crippen molar-refractivity contribution in [3.63, 3.8) is 0 Å². The zero-order valence-corrected chi connectivity index (χ0v) is 17.6. The number of pyridine rings is 2. The van der Waals surface area contributed by atoms with Gasteiger partial charge in [0.15, 0.2) is 0 Å². The quantitative estimate of drug-likeness (QED) is 0.461. The standard InChI is InChI=1S/C20H18FN7OS.H3N/c1-10-27-28-17(30-10)8-16-18(21)19(26-20(22)25-16)29-9-11-7-12(11)13-4-5-14-15(24-13)3-2-6-23-14;/h2-6,11-12H,7-9H2,1H3,(H2,22,25,26);1H3/t11-,12+;/m1./s1. The van der Waals surface area contributed by atoms with E-state index < -0.39 is 5.82 Å². The fourth-order valence-corrected chi connectivity index (χ4v) is 4.13. The van der Waals surface area contributed by atoms with Gasteiger partial charge in [-0.1, -0.05) is 0 Å². The molecule has 0 aliphatic heterocycles. The Morgan fingerprint density at radius 1 is 1.16 bits per heavy atom. The highest BCUT2D eigenvalue weighted by atomic mass is 32.1. The van der Waals surface area contributed by atoms with Crippen molar-refractivity contribution in [1.29, 1.82) is 0 Å².